The van der Waals surface area contributed by atoms with Gasteiger partial charge in [-0.2, -0.15) is 0 Å². The van der Waals surface area contributed by atoms with E-state index in [1.807, 2.05) is 24.4 Å². The molecule has 0 bridgehead atoms. The number of benzene rings is 1. The molecule has 0 radical (unpaired) electrons. The molecular weight excluding hydrogens is 308 g/mol. The monoisotopic (exact) mass is 314 g/mol. The van der Waals surface area contributed by atoms with Crippen molar-refractivity contribution in [2.45, 2.75) is 6.92 Å². The maximum Gasteiger partial charge on any atom is 0.195 e. The van der Waals surface area contributed by atoms with E-state index < -0.39 is 0 Å². The summed E-state index contributed by atoms with van der Waals surface area (Å²) in [5.74, 6) is -0.0231. The Morgan fingerprint density at radius 1 is 1.31 bits per heavy atom. The zero-order chi connectivity index (χ0) is 11.7. The molecule has 0 aliphatic carbocycles. The van der Waals surface area contributed by atoms with Crippen LogP contribution in [0.1, 0.15) is 20.8 Å². The zero-order valence-electron chi connectivity index (χ0n) is 8.46. The number of carbonyl (C=O) groups is 1. The molecule has 2 aromatic rings. The van der Waals surface area contributed by atoms with E-state index >= 15 is 0 Å². The van der Waals surface area contributed by atoms with Crippen molar-refractivity contribution < 1.29 is 4.79 Å². The van der Waals surface area contributed by atoms with Gasteiger partial charge in [-0.1, -0.05) is 27.5 Å². The maximum atomic E-state index is 12.2. The molecular formula is C12H8BrClOS. The summed E-state index contributed by atoms with van der Waals surface area (Å²) in [6, 6.07) is 7.13. The molecule has 1 nitrogen and oxygen atoms in total. The molecule has 0 saturated heterocycles. The fourth-order valence-electron chi connectivity index (χ4n) is 1.44. The van der Waals surface area contributed by atoms with Crippen LogP contribution in [0.3, 0.4) is 0 Å². The van der Waals surface area contributed by atoms with Crippen LogP contribution in [-0.4, -0.2) is 5.78 Å². The molecule has 4 heteroatoms. The van der Waals surface area contributed by atoms with E-state index in [9.17, 15) is 4.79 Å². The molecule has 82 valence electrons. The highest BCUT2D eigenvalue weighted by Crippen LogP contribution is 2.26. The van der Waals surface area contributed by atoms with Gasteiger partial charge >= 0.3 is 0 Å². The third kappa shape index (κ3) is 2.21. The predicted octanol–water partition coefficient (Wildman–Crippen LogP) is 4.70. The summed E-state index contributed by atoms with van der Waals surface area (Å²) in [5, 5.41) is 2.40. The van der Waals surface area contributed by atoms with Gasteiger partial charge in [-0.25, -0.2) is 0 Å². The van der Waals surface area contributed by atoms with Gasteiger partial charge in [0.15, 0.2) is 5.78 Å². The van der Waals surface area contributed by atoms with Gasteiger partial charge in [-0.15, -0.1) is 11.3 Å². The highest BCUT2D eigenvalue weighted by atomic mass is 79.9. The first-order chi connectivity index (χ1) is 7.59. The number of aryl methyl sites for hydroxylation is 1. The Kier molecular flexibility index (Phi) is 3.47. The number of rotatable bonds is 2. The molecule has 0 aliphatic rings. The van der Waals surface area contributed by atoms with Crippen molar-refractivity contribution in [1.82, 2.24) is 0 Å². The van der Waals surface area contributed by atoms with Crippen molar-refractivity contribution in [3.05, 3.63) is 55.1 Å². The minimum atomic E-state index is -0.0231. The van der Waals surface area contributed by atoms with Crippen molar-refractivity contribution in [3.8, 4) is 0 Å². The fraction of sp³-hybridized carbons (Fsp3) is 0.0833. The largest absolute Gasteiger partial charge is 0.289 e. The molecule has 2 rings (SSSR count). The van der Waals surface area contributed by atoms with Crippen LogP contribution in [0.2, 0.25) is 5.02 Å². The van der Waals surface area contributed by atoms with Crippen LogP contribution in [0.15, 0.2) is 34.1 Å². The van der Waals surface area contributed by atoms with Crippen LogP contribution in [-0.2, 0) is 0 Å². The molecule has 0 atom stereocenters. The summed E-state index contributed by atoms with van der Waals surface area (Å²) in [6.45, 7) is 1.93. The van der Waals surface area contributed by atoms with Gasteiger partial charge in [0.1, 0.15) is 0 Å². The summed E-state index contributed by atoms with van der Waals surface area (Å²) in [4.78, 5) is 13.2. The van der Waals surface area contributed by atoms with E-state index in [1.165, 1.54) is 0 Å². The molecule has 0 amide bonds. The Hall–Kier alpha value is -0.640. The summed E-state index contributed by atoms with van der Waals surface area (Å²) >= 11 is 10.9. The number of hydrogen-bond acceptors (Lipinski definition) is 2. The van der Waals surface area contributed by atoms with Gasteiger partial charge in [0.25, 0.3) is 0 Å². The molecule has 0 spiro atoms. The standard InChI is InChI=1S/C12H8BrClOS/c1-7-9(4-5-16-7)12(15)10-6-8(13)2-3-11(10)14/h2-6H,1H3. The van der Waals surface area contributed by atoms with Gasteiger partial charge in [0.05, 0.1) is 5.02 Å². The number of halogens is 2. The summed E-state index contributed by atoms with van der Waals surface area (Å²) in [5.41, 5.74) is 1.27. The second kappa shape index (κ2) is 4.70. The topological polar surface area (TPSA) is 17.1 Å². The summed E-state index contributed by atoms with van der Waals surface area (Å²) < 4.78 is 0.855. The van der Waals surface area contributed by atoms with Gasteiger partial charge in [-0.3, -0.25) is 4.79 Å². The Morgan fingerprint density at radius 2 is 2.06 bits per heavy atom. The molecule has 1 aromatic heterocycles. The summed E-state index contributed by atoms with van der Waals surface area (Å²) in [6.07, 6.45) is 0. The second-order valence-corrected chi connectivity index (χ2v) is 5.79. The third-order valence-electron chi connectivity index (χ3n) is 2.28. The molecule has 1 heterocycles. The van der Waals surface area contributed by atoms with E-state index in [-0.39, 0.29) is 5.78 Å². The van der Waals surface area contributed by atoms with E-state index in [1.54, 1.807) is 23.5 Å². The maximum absolute atomic E-state index is 12.2. The smallest absolute Gasteiger partial charge is 0.195 e. The molecule has 0 saturated carbocycles. The van der Waals surface area contributed by atoms with Crippen LogP contribution in [0, 0.1) is 6.92 Å². The van der Waals surface area contributed by atoms with Gasteiger partial charge in [0.2, 0.25) is 0 Å². The van der Waals surface area contributed by atoms with Crippen molar-refractivity contribution in [1.29, 1.82) is 0 Å². The average Bonchev–Trinajstić information content (AvgIpc) is 2.67. The number of ketones is 1. The van der Waals surface area contributed by atoms with Crippen LogP contribution < -0.4 is 0 Å². The third-order valence-corrected chi connectivity index (χ3v) is 3.94. The lowest BCUT2D eigenvalue weighted by molar-refractivity contribution is 0.103. The van der Waals surface area contributed by atoms with Crippen molar-refractivity contribution in [2.24, 2.45) is 0 Å². The Balaban J connectivity index is 2.49. The normalized spacial score (nSPS) is 10.4. The molecule has 0 unspecified atom stereocenters. The molecule has 1 aromatic carbocycles. The average molecular weight is 316 g/mol. The van der Waals surface area contributed by atoms with Gasteiger partial charge < -0.3 is 0 Å². The van der Waals surface area contributed by atoms with Gasteiger partial charge in [-0.05, 0) is 36.6 Å². The minimum Gasteiger partial charge on any atom is -0.289 e. The highest BCUT2D eigenvalue weighted by Gasteiger charge is 2.15. The Labute approximate surface area is 111 Å². The van der Waals surface area contributed by atoms with Gasteiger partial charge in [0, 0.05) is 20.5 Å². The fourth-order valence-corrected chi connectivity index (χ4v) is 2.70. The molecule has 16 heavy (non-hydrogen) atoms. The lowest BCUT2D eigenvalue weighted by atomic mass is 10.0. The first kappa shape index (κ1) is 11.8. The van der Waals surface area contributed by atoms with Crippen molar-refractivity contribution >= 4 is 44.7 Å². The first-order valence-electron chi connectivity index (χ1n) is 4.63. The lowest BCUT2D eigenvalue weighted by Gasteiger charge is -2.03. The molecule has 0 N–H and O–H groups in total. The SMILES string of the molecule is Cc1sccc1C(=O)c1cc(Br)ccc1Cl. The van der Waals surface area contributed by atoms with E-state index in [4.69, 9.17) is 11.6 Å². The number of hydrogen-bond donors (Lipinski definition) is 0. The minimum absolute atomic E-state index is 0.0231. The van der Waals surface area contributed by atoms with E-state index in [0.717, 1.165) is 14.9 Å². The number of carbonyl (C=O) groups excluding carboxylic acids is 1. The van der Waals surface area contributed by atoms with Crippen molar-refractivity contribution in [2.75, 3.05) is 0 Å². The predicted molar refractivity (Wildman–Crippen MR) is 71.6 cm³/mol. The van der Waals surface area contributed by atoms with Crippen molar-refractivity contribution in [3.63, 3.8) is 0 Å². The first-order valence-corrected chi connectivity index (χ1v) is 6.68. The molecule has 0 aliphatic heterocycles. The number of thiophene rings is 1. The Bertz CT molecular complexity index is 548. The van der Waals surface area contributed by atoms with E-state index in [2.05, 4.69) is 15.9 Å². The Morgan fingerprint density at radius 3 is 2.69 bits per heavy atom. The van der Waals surface area contributed by atoms with E-state index in [0.29, 0.717) is 10.6 Å². The van der Waals surface area contributed by atoms with Crippen LogP contribution >= 0.6 is 38.9 Å². The van der Waals surface area contributed by atoms with Crippen LogP contribution in [0.5, 0.6) is 0 Å². The lowest BCUT2D eigenvalue weighted by Crippen LogP contribution is -2.02. The summed E-state index contributed by atoms with van der Waals surface area (Å²) in [7, 11) is 0. The highest BCUT2D eigenvalue weighted by molar-refractivity contribution is 9.10. The second-order valence-electron chi connectivity index (χ2n) is 3.34. The quantitative estimate of drug-likeness (QED) is 0.734. The van der Waals surface area contributed by atoms with Crippen LogP contribution in [0.25, 0.3) is 0 Å². The van der Waals surface area contributed by atoms with Crippen LogP contribution in [0.4, 0.5) is 0 Å². The zero-order valence-corrected chi connectivity index (χ0v) is 11.6. The molecule has 0 fully saturated rings.